The Bertz CT molecular complexity index is 584. The van der Waals surface area contributed by atoms with Crippen LogP contribution in [0.4, 0.5) is 0 Å². The summed E-state index contributed by atoms with van der Waals surface area (Å²) in [4.78, 5) is 25.6. The molecule has 0 bridgehead atoms. The largest absolute Gasteiger partial charge is 0.484 e. The van der Waals surface area contributed by atoms with Crippen molar-refractivity contribution in [3.8, 4) is 5.75 Å². The average Bonchev–Trinajstić information content (AvgIpc) is 2.57. The molecule has 0 atom stereocenters. The van der Waals surface area contributed by atoms with Gasteiger partial charge in [0.25, 0.3) is 5.91 Å². The zero-order valence-corrected chi connectivity index (χ0v) is 15.1. The van der Waals surface area contributed by atoms with Crippen molar-refractivity contribution >= 4 is 23.4 Å². The Morgan fingerprint density at radius 1 is 1.25 bits per heavy atom. The van der Waals surface area contributed by atoms with Gasteiger partial charge in [-0.2, -0.15) is 0 Å². The maximum absolute atomic E-state index is 12.0. The second kappa shape index (κ2) is 8.92. The lowest BCUT2D eigenvalue weighted by atomic mass is 10.0. The molecule has 0 aromatic heterocycles. The highest BCUT2D eigenvalue weighted by atomic mass is 35.5. The van der Waals surface area contributed by atoms with E-state index in [2.05, 4.69) is 5.32 Å². The predicted octanol–water partition coefficient (Wildman–Crippen LogP) is 2.42. The maximum atomic E-state index is 12.0. The number of carbonyl (C=O) groups is 2. The molecule has 2 rings (SSSR count). The van der Waals surface area contributed by atoms with Crippen molar-refractivity contribution in [1.29, 1.82) is 0 Å². The number of amides is 2. The number of alkyl halides is 1. The van der Waals surface area contributed by atoms with E-state index in [1.54, 1.807) is 0 Å². The van der Waals surface area contributed by atoms with Gasteiger partial charge in [0, 0.05) is 31.4 Å². The molecule has 132 valence electrons. The highest BCUT2D eigenvalue weighted by Gasteiger charge is 2.23. The Morgan fingerprint density at radius 3 is 2.58 bits per heavy atom. The van der Waals surface area contributed by atoms with Crippen LogP contribution < -0.4 is 10.1 Å². The summed E-state index contributed by atoms with van der Waals surface area (Å²) >= 11 is 5.60. The van der Waals surface area contributed by atoms with Gasteiger partial charge < -0.3 is 15.0 Å². The summed E-state index contributed by atoms with van der Waals surface area (Å²) in [6, 6.07) is 5.89. The van der Waals surface area contributed by atoms with E-state index in [0.717, 1.165) is 18.4 Å². The van der Waals surface area contributed by atoms with Crippen molar-refractivity contribution in [2.75, 3.05) is 25.6 Å². The van der Waals surface area contributed by atoms with Gasteiger partial charge >= 0.3 is 0 Å². The van der Waals surface area contributed by atoms with Gasteiger partial charge in [-0.1, -0.05) is 6.07 Å². The van der Waals surface area contributed by atoms with Crippen LogP contribution in [0.1, 0.15) is 30.4 Å². The summed E-state index contributed by atoms with van der Waals surface area (Å²) in [5.41, 5.74) is 2.34. The molecule has 1 N–H and O–H groups in total. The van der Waals surface area contributed by atoms with Crippen molar-refractivity contribution < 1.29 is 14.3 Å². The summed E-state index contributed by atoms with van der Waals surface area (Å²) in [6.45, 7) is 5.39. The van der Waals surface area contributed by atoms with E-state index < -0.39 is 0 Å². The number of rotatable bonds is 6. The number of hydrogen-bond donors (Lipinski definition) is 1. The second-order valence-electron chi connectivity index (χ2n) is 6.20. The molecule has 2 amide bonds. The van der Waals surface area contributed by atoms with Crippen LogP contribution in [-0.4, -0.2) is 48.3 Å². The number of halogens is 1. The first-order valence-corrected chi connectivity index (χ1v) is 8.86. The first kappa shape index (κ1) is 18.6. The molecular formula is C18H25ClN2O3. The molecule has 1 saturated heterocycles. The third kappa shape index (κ3) is 5.41. The third-order valence-corrected chi connectivity index (χ3v) is 4.56. The van der Waals surface area contributed by atoms with Gasteiger partial charge in [0.2, 0.25) is 5.91 Å². The molecule has 0 aliphatic carbocycles. The number of nitrogens with zero attached hydrogens (tertiary/aromatic N) is 1. The first-order chi connectivity index (χ1) is 11.5. The molecule has 1 aliphatic rings. The summed E-state index contributed by atoms with van der Waals surface area (Å²) in [5.74, 6) is 1.02. The molecule has 1 heterocycles. The standard InChI is InChI=1S/C18H25ClN2O3/c1-13-3-4-16(11-14(13)2)24-12-17(22)20-15-6-9-21(10-7-15)18(23)5-8-19/h3-4,11,15H,5-10,12H2,1-2H3,(H,20,22). The van der Waals surface area contributed by atoms with E-state index in [4.69, 9.17) is 16.3 Å². The van der Waals surface area contributed by atoms with E-state index in [-0.39, 0.29) is 24.5 Å². The summed E-state index contributed by atoms with van der Waals surface area (Å²) in [7, 11) is 0. The van der Waals surface area contributed by atoms with E-state index in [1.807, 2.05) is 36.9 Å². The highest BCUT2D eigenvalue weighted by molar-refractivity contribution is 6.18. The predicted molar refractivity (Wildman–Crippen MR) is 94.5 cm³/mol. The van der Waals surface area contributed by atoms with Crippen molar-refractivity contribution in [2.45, 2.75) is 39.2 Å². The van der Waals surface area contributed by atoms with Gasteiger partial charge in [-0.3, -0.25) is 9.59 Å². The lowest BCUT2D eigenvalue weighted by Crippen LogP contribution is -2.47. The summed E-state index contributed by atoms with van der Waals surface area (Å²) in [6.07, 6.45) is 1.91. The summed E-state index contributed by atoms with van der Waals surface area (Å²) in [5, 5.41) is 2.98. The molecule has 0 unspecified atom stereocenters. The molecule has 0 radical (unpaired) electrons. The van der Waals surface area contributed by atoms with Gasteiger partial charge in [-0.15, -0.1) is 11.6 Å². The van der Waals surface area contributed by atoms with Crippen LogP contribution in [0.25, 0.3) is 0 Å². The molecule has 1 aromatic carbocycles. The van der Waals surface area contributed by atoms with Crippen LogP contribution >= 0.6 is 11.6 Å². The molecule has 1 fully saturated rings. The van der Waals surface area contributed by atoms with E-state index in [1.165, 1.54) is 5.56 Å². The van der Waals surface area contributed by atoms with Crippen LogP contribution in [0.3, 0.4) is 0 Å². The van der Waals surface area contributed by atoms with Crippen molar-refractivity contribution in [1.82, 2.24) is 10.2 Å². The van der Waals surface area contributed by atoms with E-state index in [0.29, 0.717) is 31.1 Å². The molecular weight excluding hydrogens is 328 g/mol. The lowest BCUT2D eigenvalue weighted by molar-refractivity contribution is -0.132. The Kier molecular flexibility index (Phi) is 6.91. The molecule has 6 heteroatoms. The monoisotopic (exact) mass is 352 g/mol. The molecule has 0 saturated carbocycles. The van der Waals surface area contributed by atoms with Crippen LogP contribution in [0, 0.1) is 13.8 Å². The minimum absolute atomic E-state index is 0.00783. The number of piperidine rings is 1. The molecule has 1 aromatic rings. The Morgan fingerprint density at radius 2 is 1.96 bits per heavy atom. The van der Waals surface area contributed by atoms with Crippen molar-refractivity contribution in [3.63, 3.8) is 0 Å². The molecule has 0 spiro atoms. The van der Waals surface area contributed by atoms with E-state index in [9.17, 15) is 9.59 Å². The number of ether oxygens (including phenoxy) is 1. The fourth-order valence-electron chi connectivity index (χ4n) is 2.73. The van der Waals surface area contributed by atoms with Gasteiger partial charge in [0.15, 0.2) is 6.61 Å². The normalized spacial score (nSPS) is 15.2. The minimum atomic E-state index is -0.126. The molecule has 24 heavy (non-hydrogen) atoms. The van der Waals surface area contributed by atoms with Crippen LogP contribution in [0.15, 0.2) is 18.2 Å². The Labute approximate surface area is 148 Å². The van der Waals surface area contributed by atoms with Crippen LogP contribution in [-0.2, 0) is 9.59 Å². The maximum Gasteiger partial charge on any atom is 0.258 e. The van der Waals surface area contributed by atoms with Gasteiger partial charge in [-0.05, 0) is 49.9 Å². The quantitative estimate of drug-likeness (QED) is 0.800. The molecule has 1 aliphatic heterocycles. The van der Waals surface area contributed by atoms with Gasteiger partial charge in [0.1, 0.15) is 5.75 Å². The average molecular weight is 353 g/mol. The van der Waals surface area contributed by atoms with Crippen LogP contribution in [0.2, 0.25) is 0 Å². The van der Waals surface area contributed by atoms with Gasteiger partial charge in [0.05, 0.1) is 0 Å². The third-order valence-electron chi connectivity index (χ3n) is 4.37. The summed E-state index contributed by atoms with van der Waals surface area (Å²) < 4.78 is 5.55. The topological polar surface area (TPSA) is 58.6 Å². The lowest BCUT2D eigenvalue weighted by Gasteiger charge is -2.32. The molecule has 5 nitrogen and oxygen atoms in total. The number of likely N-dealkylation sites (tertiary alicyclic amines) is 1. The number of aryl methyl sites for hydroxylation is 2. The number of carbonyl (C=O) groups excluding carboxylic acids is 2. The minimum Gasteiger partial charge on any atom is -0.484 e. The van der Waals surface area contributed by atoms with Gasteiger partial charge in [-0.25, -0.2) is 0 Å². The number of benzene rings is 1. The Hall–Kier alpha value is -1.75. The smallest absolute Gasteiger partial charge is 0.258 e. The first-order valence-electron chi connectivity index (χ1n) is 8.32. The van der Waals surface area contributed by atoms with Crippen molar-refractivity contribution in [2.24, 2.45) is 0 Å². The number of hydrogen-bond acceptors (Lipinski definition) is 3. The van der Waals surface area contributed by atoms with Crippen molar-refractivity contribution in [3.05, 3.63) is 29.3 Å². The SMILES string of the molecule is Cc1ccc(OCC(=O)NC2CCN(C(=O)CCCl)CC2)cc1C. The van der Waals surface area contributed by atoms with Crippen LogP contribution in [0.5, 0.6) is 5.75 Å². The zero-order chi connectivity index (χ0) is 17.5. The Balaban J connectivity index is 1.71. The second-order valence-corrected chi connectivity index (χ2v) is 6.57. The fraction of sp³-hybridized carbons (Fsp3) is 0.556. The zero-order valence-electron chi connectivity index (χ0n) is 14.3. The van der Waals surface area contributed by atoms with E-state index >= 15 is 0 Å². The highest BCUT2D eigenvalue weighted by Crippen LogP contribution is 2.16. The fourth-order valence-corrected chi connectivity index (χ4v) is 2.90. The number of nitrogens with one attached hydrogen (secondary N) is 1.